The van der Waals surface area contributed by atoms with Gasteiger partial charge < -0.3 is 9.47 Å². The SMILES string of the molecule is CCc1cccc(CC(=O)OC)c1COc1ccc(C)cc1C. The first kappa shape index (κ1) is 17.1. The minimum atomic E-state index is -0.231. The summed E-state index contributed by atoms with van der Waals surface area (Å²) in [5, 5.41) is 0. The zero-order valence-electron chi connectivity index (χ0n) is 14.3. The van der Waals surface area contributed by atoms with E-state index in [-0.39, 0.29) is 12.4 Å². The fourth-order valence-electron chi connectivity index (χ4n) is 2.71. The van der Waals surface area contributed by atoms with Gasteiger partial charge in [-0.25, -0.2) is 0 Å². The van der Waals surface area contributed by atoms with E-state index in [0.717, 1.165) is 28.9 Å². The molecule has 0 atom stereocenters. The molecular weight excluding hydrogens is 288 g/mol. The highest BCUT2D eigenvalue weighted by molar-refractivity contribution is 5.73. The number of hydrogen-bond donors (Lipinski definition) is 0. The van der Waals surface area contributed by atoms with Crippen LogP contribution in [0.25, 0.3) is 0 Å². The molecule has 0 aliphatic carbocycles. The van der Waals surface area contributed by atoms with Crippen molar-refractivity contribution >= 4 is 5.97 Å². The van der Waals surface area contributed by atoms with Gasteiger partial charge in [-0.1, -0.05) is 42.8 Å². The third kappa shape index (κ3) is 4.35. The minimum absolute atomic E-state index is 0.231. The fourth-order valence-corrected chi connectivity index (χ4v) is 2.71. The number of ether oxygens (including phenoxy) is 2. The molecular formula is C20H24O3. The highest BCUT2D eigenvalue weighted by atomic mass is 16.5. The smallest absolute Gasteiger partial charge is 0.309 e. The van der Waals surface area contributed by atoms with Crippen LogP contribution in [0.5, 0.6) is 5.75 Å². The van der Waals surface area contributed by atoms with Crippen molar-refractivity contribution in [3.05, 3.63) is 64.2 Å². The van der Waals surface area contributed by atoms with Crippen molar-refractivity contribution in [3.8, 4) is 5.75 Å². The van der Waals surface area contributed by atoms with Gasteiger partial charge in [-0.3, -0.25) is 4.79 Å². The molecule has 0 unspecified atom stereocenters. The number of benzene rings is 2. The lowest BCUT2D eigenvalue weighted by atomic mass is 9.97. The van der Waals surface area contributed by atoms with Gasteiger partial charge in [-0.2, -0.15) is 0 Å². The van der Waals surface area contributed by atoms with E-state index in [0.29, 0.717) is 6.61 Å². The van der Waals surface area contributed by atoms with Crippen molar-refractivity contribution in [2.24, 2.45) is 0 Å². The van der Waals surface area contributed by atoms with Crippen LogP contribution in [0.3, 0.4) is 0 Å². The number of aryl methyl sites for hydroxylation is 3. The summed E-state index contributed by atoms with van der Waals surface area (Å²) in [6, 6.07) is 12.2. The van der Waals surface area contributed by atoms with E-state index in [1.807, 2.05) is 31.2 Å². The second-order valence-electron chi connectivity index (χ2n) is 5.72. The number of carbonyl (C=O) groups is 1. The molecule has 0 aromatic heterocycles. The molecule has 3 nitrogen and oxygen atoms in total. The normalized spacial score (nSPS) is 10.4. The van der Waals surface area contributed by atoms with E-state index >= 15 is 0 Å². The van der Waals surface area contributed by atoms with Gasteiger partial charge in [-0.05, 0) is 48.6 Å². The molecule has 0 heterocycles. The average molecular weight is 312 g/mol. The monoisotopic (exact) mass is 312 g/mol. The molecule has 2 aromatic carbocycles. The van der Waals surface area contributed by atoms with Crippen LogP contribution in [0, 0.1) is 13.8 Å². The number of methoxy groups -OCH3 is 1. The van der Waals surface area contributed by atoms with Crippen LogP contribution in [0.15, 0.2) is 36.4 Å². The quantitative estimate of drug-likeness (QED) is 0.751. The summed E-state index contributed by atoms with van der Waals surface area (Å²) in [7, 11) is 1.41. The van der Waals surface area contributed by atoms with Crippen molar-refractivity contribution in [3.63, 3.8) is 0 Å². The maximum Gasteiger partial charge on any atom is 0.309 e. The molecule has 2 aromatic rings. The van der Waals surface area contributed by atoms with Crippen molar-refractivity contribution in [2.45, 2.75) is 40.2 Å². The lowest BCUT2D eigenvalue weighted by Crippen LogP contribution is -2.10. The number of esters is 1. The van der Waals surface area contributed by atoms with Crippen LogP contribution in [0.4, 0.5) is 0 Å². The summed E-state index contributed by atoms with van der Waals surface area (Å²) in [5.41, 5.74) is 5.60. The molecule has 122 valence electrons. The van der Waals surface area contributed by atoms with Crippen LogP contribution < -0.4 is 4.74 Å². The van der Waals surface area contributed by atoms with Crippen LogP contribution in [0.2, 0.25) is 0 Å². The minimum Gasteiger partial charge on any atom is -0.489 e. The molecule has 0 saturated carbocycles. The van der Waals surface area contributed by atoms with E-state index in [9.17, 15) is 4.79 Å². The molecule has 0 bridgehead atoms. The molecule has 0 N–H and O–H groups in total. The Morgan fingerprint density at radius 3 is 2.48 bits per heavy atom. The molecule has 0 aliphatic heterocycles. The van der Waals surface area contributed by atoms with Crippen LogP contribution >= 0.6 is 0 Å². The van der Waals surface area contributed by atoms with Gasteiger partial charge in [0.1, 0.15) is 12.4 Å². The molecule has 2 rings (SSSR count). The second-order valence-corrected chi connectivity index (χ2v) is 5.72. The second kappa shape index (κ2) is 7.82. The van der Waals surface area contributed by atoms with E-state index in [2.05, 4.69) is 26.0 Å². The highest BCUT2D eigenvalue weighted by Gasteiger charge is 2.12. The van der Waals surface area contributed by atoms with Gasteiger partial charge in [0.2, 0.25) is 0 Å². The maximum absolute atomic E-state index is 11.6. The Morgan fingerprint density at radius 1 is 1.09 bits per heavy atom. The van der Waals surface area contributed by atoms with Gasteiger partial charge in [0.15, 0.2) is 0 Å². The standard InChI is InChI=1S/C20H24O3/c1-5-16-7-6-8-17(12-20(21)22-4)18(16)13-23-19-10-9-14(2)11-15(19)3/h6-11H,5,12-13H2,1-4H3. The molecule has 0 spiro atoms. The van der Waals surface area contributed by atoms with E-state index < -0.39 is 0 Å². The predicted octanol–water partition coefficient (Wildman–Crippen LogP) is 4.16. The van der Waals surface area contributed by atoms with Crippen LogP contribution in [-0.4, -0.2) is 13.1 Å². The van der Waals surface area contributed by atoms with Gasteiger partial charge in [0, 0.05) is 0 Å². The molecule has 0 fully saturated rings. The van der Waals surface area contributed by atoms with Gasteiger partial charge in [-0.15, -0.1) is 0 Å². The number of carbonyl (C=O) groups excluding carboxylic acids is 1. The Morgan fingerprint density at radius 2 is 1.83 bits per heavy atom. The summed E-state index contributed by atoms with van der Waals surface area (Å²) in [6.07, 6.45) is 1.18. The lowest BCUT2D eigenvalue weighted by molar-refractivity contribution is -0.139. The lowest BCUT2D eigenvalue weighted by Gasteiger charge is -2.16. The first-order valence-corrected chi connectivity index (χ1v) is 7.91. The third-order valence-corrected chi connectivity index (χ3v) is 4.02. The highest BCUT2D eigenvalue weighted by Crippen LogP contribution is 2.23. The Labute approximate surface area is 138 Å². The van der Waals surface area contributed by atoms with Gasteiger partial charge in [0.05, 0.1) is 13.5 Å². The van der Waals surface area contributed by atoms with E-state index in [4.69, 9.17) is 9.47 Å². The average Bonchev–Trinajstić information content (AvgIpc) is 2.54. The largest absolute Gasteiger partial charge is 0.489 e. The van der Waals surface area contributed by atoms with Crippen molar-refractivity contribution in [2.75, 3.05) is 7.11 Å². The van der Waals surface area contributed by atoms with Crippen molar-refractivity contribution < 1.29 is 14.3 Å². The topological polar surface area (TPSA) is 35.5 Å². The van der Waals surface area contributed by atoms with Crippen molar-refractivity contribution in [1.82, 2.24) is 0 Å². The van der Waals surface area contributed by atoms with Crippen LogP contribution in [0.1, 0.15) is 34.7 Å². The van der Waals surface area contributed by atoms with E-state index in [1.54, 1.807) is 0 Å². The Bertz CT molecular complexity index is 689. The summed E-state index contributed by atoms with van der Waals surface area (Å²) < 4.78 is 10.8. The van der Waals surface area contributed by atoms with Gasteiger partial charge >= 0.3 is 5.97 Å². The Balaban J connectivity index is 2.24. The van der Waals surface area contributed by atoms with Crippen molar-refractivity contribution in [1.29, 1.82) is 0 Å². The zero-order chi connectivity index (χ0) is 16.8. The molecule has 0 radical (unpaired) electrons. The molecule has 3 heteroatoms. The molecule has 23 heavy (non-hydrogen) atoms. The Hall–Kier alpha value is -2.29. The molecule has 0 amide bonds. The Kier molecular flexibility index (Phi) is 5.80. The summed E-state index contributed by atoms with van der Waals surface area (Å²) >= 11 is 0. The fraction of sp³-hybridized carbons (Fsp3) is 0.350. The summed E-state index contributed by atoms with van der Waals surface area (Å²) in [5.74, 6) is 0.650. The van der Waals surface area contributed by atoms with Gasteiger partial charge in [0.25, 0.3) is 0 Å². The molecule has 0 saturated heterocycles. The molecule has 0 aliphatic rings. The number of rotatable bonds is 6. The maximum atomic E-state index is 11.6. The predicted molar refractivity (Wildman–Crippen MR) is 91.8 cm³/mol. The van der Waals surface area contributed by atoms with E-state index in [1.165, 1.54) is 18.2 Å². The summed E-state index contributed by atoms with van der Waals surface area (Å²) in [4.78, 5) is 11.6. The zero-order valence-corrected chi connectivity index (χ0v) is 14.3. The van der Waals surface area contributed by atoms with Crippen LogP contribution in [-0.2, 0) is 29.0 Å². The first-order valence-electron chi connectivity index (χ1n) is 7.91. The first-order chi connectivity index (χ1) is 11.0. The number of hydrogen-bond acceptors (Lipinski definition) is 3. The summed E-state index contributed by atoms with van der Waals surface area (Å²) in [6.45, 7) is 6.68. The third-order valence-electron chi connectivity index (χ3n) is 4.02.